The summed E-state index contributed by atoms with van der Waals surface area (Å²) in [5.74, 6) is -1.22. The number of primary amides is 1. The first kappa shape index (κ1) is 15.6. The second kappa shape index (κ2) is 5.93. The summed E-state index contributed by atoms with van der Waals surface area (Å²) in [6, 6.07) is 7.56. The molecule has 0 spiro atoms. The van der Waals surface area contributed by atoms with Crippen LogP contribution in [0.1, 0.15) is 38.9 Å². The zero-order chi connectivity index (χ0) is 16.4. The number of aromatic nitrogens is 1. The molecule has 1 amide bonds. The van der Waals surface area contributed by atoms with Gasteiger partial charge in [0.15, 0.2) is 0 Å². The van der Waals surface area contributed by atoms with Crippen molar-refractivity contribution < 1.29 is 14.3 Å². The molecule has 1 heterocycles. The predicted molar refractivity (Wildman–Crippen MR) is 84.1 cm³/mol. The summed E-state index contributed by atoms with van der Waals surface area (Å²) in [7, 11) is 0. The number of carbonyl (C=O) groups excluding carboxylic acids is 2. The fourth-order valence-electron chi connectivity index (χ4n) is 2.44. The second-order valence-electron chi connectivity index (χ2n) is 4.98. The van der Waals surface area contributed by atoms with Gasteiger partial charge in [0, 0.05) is 11.4 Å². The third kappa shape index (κ3) is 2.55. The molecule has 1 aromatic heterocycles. The zero-order valence-corrected chi connectivity index (χ0v) is 12.8. The van der Waals surface area contributed by atoms with Gasteiger partial charge >= 0.3 is 5.97 Å². The van der Waals surface area contributed by atoms with E-state index >= 15 is 0 Å². The largest absolute Gasteiger partial charge is 0.462 e. The summed E-state index contributed by atoms with van der Waals surface area (Å²) in [6.45, 7) is 5.56. The van der Waals surface area contributed by atoms with Crippen LogP contribution in [0, 0.1) is 13.8 Å². The van der Waals surface area contributed by atoms with Crippen LogP contribution in [0.15, 0.2) is 24.3 Å². The summed E-state index contributed by atoms with van der Waals surface area (Å²) < 4.78 is 6.64. The lowest BCUT2D eigenvalue weighted by molar-refractivity contribution is 0.0522. The Balaban J connectivity index is 2.71. The van der Waals surface area contributed by atoms with Gasteiger partial charge in [0.25, 0.3) is 5.91 Å². The van der Waals surface area contributed by atoms with Gasteiger partial charge in [-0.1, -0.05) is 17.7 Å². The summed E-state index contributed by atoms with van der Waals surface area (Å²) in [5.41, 5.74) is 13.9. The molecule has 1 aromatic carbocycles. The van der Waals surface area contributed by atoms with Gasteiger partial charge in [0.2, 0.25) is 0 Å². The van der Waals surface area contributed by atoms with Crippen molar-refractivity contribution in [1.82, 2.24) is 4.57 Å². The topological polar surface area (TPSA) is 100 Å². The fourth-order valence-corrected chi connectivity index (χ4v) is 2.44. The average molecular weight is 301 g/mol. The molecular weight excluding hydrogens is 282 g/mol. The van der Waals surface area contributed by atoms with Gasteiger partial charge < -0.3 is 16.2 Å². The van der Waals surface area contributed by atoms with Crippen LogP contribution >= 0.6 is 0 Å². The van der Waals surface area contributed by atoms with Crippen LogP contribution < -0.4 is 11.5 Å². The van der Waals surface area contributed by atoms with Crippen molar-refractivity contribution in [3.8, 4) is 5.69 Å². The Morgan fingerprint density at radius 2 is 1.73 bits per heavy atom. The molecule has 0 fully saturated rings. The third-order valence-corrected chi connectivity index (χ3v) is 3.46. The molecule has 0 radical (unpaired) electrons. The molecule has 6 nitrogen and oxygen atoms in total. The maximum Gasteiger partial charge on any atom is 0.340 e. The fraction of sp³-hybridized carbons (Fsp3) is 0.250. The molecule has 2 rings (SSSR count). The molecule has 4 N–H and O–H groups in total. The first-order chi connectivity index (χ1) is 10.4. The highest BCUT2D eigenvalue weighted by atomic mass is 16.5. The number of nitrogens with zero attached hydrogens (tertiary/aromatic N) is 1. The van der Waals surface area contributed by atoms with Crippen molar-refractivity contribution in [3.63, 3.8) is 0 Å². The standard InChI is InChI=1S/C16H19N3O3/c1-4-22-16(21)12-10(3)19(14(17)13(12)15(18)20)11-7-5-9(2)6-8-11/h5-8H,4,17H2,1-3H3,(H2,18,20). The number of anilines is 1. The van der Waals surface area contributed by atoms with Crippen molar-refractivity contribution in [2.24, 2.45) is 5.73 Å². The molecule has 0 aliphatic rings. The summed E-state index contributed by atoms with van der Waals surface area (Å²) in [6.07, 6.45) is 0. The van der Waals surface area contributed by atoms with E-state index in [9.17, 15) is 9.59 Å². The number of aryl methyl sites for hydroxylation is 1. The number of nitrogens with two attached hydrogens (primary N) is 2. The van der Waals surface area contributed by atoms with E-state index in [-0.39, 0.29) is 23.6 Å². The van der Waals surface area contributed by atoms with Crippen LogP contribution in [0.4, 0.5) is 5.82 Å². The SMILES string of the molecule is CCOC(=O)c1c(C(N)=O)c(N)n(-c2ccc(C)cc2)c1C. The minimum absolute atomic E-state index is 0.00322. The van der Waals surface area contributed by atoms with Gasteiger partial charge in [-0.3, -0.25) is 9.36 Å². The van der Waals surface area contributed by atoms with Crippen molar-refractivity contribution in [3.05, 3.63) is 46.6 Å². The minimum Gasteiger partial charge on any atom is -0.462 e. The van der Waals surface area contributed by atoms with Gasteiger partial charge in [-0.15, -0.1) is 0 Å². The number of amides is 1. The van der Waals surface area contributed by atoms with E-state index in [1.54, 1.807) is 18.4 Å². The van der Waals surface area contributed by atoms with Crippen molar-refractivity contribution in [1.29, 1.82) is 0 Å². The van der Waals surface area contributed by atoms with E-state index in [0.29, 0.717) is 5.69 Å². The molecule has 0 bridgehead atoms. The number of hydrogen-bond donors (Lipinski definition) is 2. The normalized spacial score (nSPS) is 10.5. The Labute approximate surface area is 128 Å². The Hall–Kier alpha value is -2.76. The molecule has 0 unspecified atom stereocenters. The Morgan fingerprint density at radius 3 is 2.23 bits per heavy atom. The molecule has 2 aromatic rings. The van der Waals surface area contributed by atoms with Crippen LogP contribution in [-0.2, 0) is 4.74 Å². The van der Waals surface area contributed by atoms with Gasteiger partial charge in [-0.2, -0.15) is 0 Å². The predicted octanol–water partition coefficient (Wildman–Crippen LogP) is 1.95. The molecular formula is C16H19N3O3. The zero-order valence-electron chi connectivity index (χ0n) is 12.8. The van der Waals surface area contributed by atoms with Crippen molar-refractivity contribution in [2.45, 2.75) is 20.8 Å². The van der Waals surface area contributed by atoms with Crippen LogP contribution in [0.2, 0.25) is 0 Å². The van der Waals surface area contributed by atoms with Gasteiger partial charge in [-0.25, -0.2) is 4.79 Å². The van der Waals surface area contributed by atoms with Gasteiger partial charge in [-0.05, 0) is 32.9 Å². The Morgan fingerprint density at radius 1 is 1.14 bits per heavy atom. The van der Waals surface area contributed by atoms with E-state index in [1.807, 2.05) is 31.2 Å². The van der Waals surface area contributed by atoms with E-state index in [0.717, 1.165) is 11.3 Å². The maximum atomic E-state index is 12.1. The molecule has 6 heteroatoms. The molecule has 0 atom stereocenters. The summed E-state index contributed by atoms with van der Waals surface area (Å²) in [5, 5.41) is 0. The second-order valence-corrected chi connectivity index (χ2v) is 4.98. The van der Waals surface area contributed by atoms with E-state index in [4.69, 9.17) is 16.2 Å². The number of nitrogen functional groups attached to an aromatic ring is 1. The van der Waals surface area contributed by atoms with E-state index in [1.165, 1.54) is 0 Å². The number of rotatable bonds is 4. The molecule has 116 valence electrons. The average Bonchev–Trinajstić information content (AvgIpc) is 2.72. The molecule has 0 saturated heterocycles. The van der Waals surface area contributed by atoms with Gasteiger partial charge in [0.1, 0.15) is 5.82 Å². The Bertz CT molecular complexity index is 730. The molecule has 0 saturated carbocycles. The first-order valence-electron chi connectivity index (χ1n) is 6.93. The quantitative estimate of drug-likeness (QED) is 0.843. The van der Waals surface area contributed by atoms with Crippen molar-refractivity contribution >= 4 is 17.7 Å². The lowest BCUT2D eigenvalue weighted by Gasteiger charge is -2.09. The molecule has 0 aliphatic heterocycles. The van der Waals surface area contributed by atoms with E-state index < -0.39 is 11.9 Å². The van der Waals surface area contributed by atoms with E-state index in [2.05, 4.69) is 0 Å². The molecule has 0 aliphatic carbocycles. The number of hydrogen-bond acceptors (Lipinski definition) is 4. The Kier molecular flexibility index (Phi) is 4.21. The lowest BCUT2D eigenvalue weighted by atomic mass is 10.1. The maximum absolute atomic E-state index is 12.1. The number of ether oxygens (including phenoxy) is 1. The highest BCUT2D eigenvalue weighted by Gasteiger charge is 2.28. The minimum atomic E-state index is -0.755. The van der Waals surface area contributed by atoms with Gasteiger partial charge in [0.05, 0.1) is 17.7 Å². The van der Waals surface area contributed by atoms with Crippen LogP contribution in [0.3, 0.4) is 0 Å². The third-order valence-electron chi connectivity index (χ3n) is 3.46. The summed E-state index contributed by atoms with van der Waals surface area (Å²) in [4.78, 5) is 23.9. The van der Waals surface area contributed by atoms with Crippen LogP contribution in [0.5, 0.6) is 0 Å². The van der Waals surface area contributed by atoms with Crippen LogP contribution in [-0.4, -0.2) is 23.1 Å². The molecule has 22 heavy (non-hydrogen) atoms. The summed E-state index contributed by atoms with van der Waals surface area (Å²) >= 11 is 0. The monoisotopic (exact) mass is 301 g/mol. The highest BCUT2D eigenvalue weighted by Crippen LogP contribution is 2.29. The van der Waals surface area contributed by atoms with Crippen LogP contribution in [0.25, 0.3) is 5.69 Å². The number of carbonyl (C=O) groups is 2. The smallest absolute Gasteiger partial charge is 0.340 e. The lowest BCUT2D eigenvalue weighted by Crippen LogP contribution is -2.18. The highest BCUT2D eigenvalue weighted by molar-refractivity contribution is 6.09. The number of benzene rings is 1. The van der Waals surface area contributed by atoms with Crippen molar-refractivity contribution in [2.75, 3.05) is 12.3 Å². The first-order valence-corrected chi connectivity index (χ1v) is 6.93. The number of esters is 1.